The molecule has 0 radical (unpaired) electrons. The van der Waals surface area contributed by atoms with Crippen LogP contribution in [-0.2, 0) is 14.3 Å². The summed E-state index contributed by atoms with van der Waals surface area (Å²) in [7, 11) is 0. The highest BCUT2D eigenvalue weighted by molar-refractivity contribution is 8.13. The van der Waals surface area contributed by atoms with Crippen molar-refractivity contribution in [2.45, 2.75) is 31.8 Å². The van der Waals surface area contributed by atoms with E-state index in [1.165, 1.54) is 18.3 Å². The third kappa shape index (κ3) is 4.28. The van der Waals surface area contributed by atoms with Crippen molar-refractivity contribution < 1.29 is 24.5 Å². The van der Waals surface area contributed by atoms with Crippen LogP contribution < -0.4 is 0 Å². The topological polar surface area (TPSA) is 76.0 Å². The predicted octanol–water partition coefficient (Wildman–Crippen LogP) is 1.86. The van der Waals surface area contributed by atoms with Crippen LogP contribution in [0.2, 0.25) is 0 Å². The van der Waals surface area contributed by atoms with Gasteiger partial charge in [0, 0.05) is 12.7 Å². The first-order valence-electron chi connectivity index (χ1n) is 6.39. The van der Waals surface area contributed by atoms with E-state index in [2.05, 4.69) is 0 Å². The lowest BCUT2D eigenvalue weighted by Crippen LogP contribution is -2.18. The van der Waals surface area contributed by atoms with E-state index in [1.807, 2.05) is 0 Å². The molecule has 0 aliphatic carbocycles. The van der Waals surface area contributed by atoms with Crippen molar-refractivity contribution in [2.24, 2.45) is 0 Å². The molecule has 1 aromatic rings. The first-order chi connectivity index (χ1) is 9.58. The Balaban J connectivity index is 1.87. The molecule has 112 valence electrons. The summed E-state index contributed by atoms with van der Waals surface area (Å²) in [4.78, 5) is 11.7. The van der Waals surface area contributed by atoms with Crippen LogP contribution in [0.4, 0.5) is 0 Å². The molecule has 1 fully saturated rings. The van der Waals surface area contributed by atoms with Gasteiger partial charge in [-0.3, -0.25) is 4.79 Å². The van der Waals surface area contributed by atoms with Gasteiger partial charge in [0.1, 0.15) is 6.10 Å². The van der Waals surface area contributed by atoms with Crippen LogP contribution in [-0.4, -0.2) is 40.4 Å². The van der Waals surface area contributed by atoms with E-state index in [0.717, 1.165) is 16.6 Å². The molecule has 2 rings (SSSR count). The Labute approximate surface area is 125 Å². The maximum atomic E-state index is 10.8. The minimum absolute atomic E-state index is 0.0139. The number of thiophene rings is 1. The number of rotatable bonds is 6. The third-order valence-corrected chi connectivity index (χ3v) is 4.74. The van der Waals surface area contributed by atoms with Crippen molar-refractivity contribution in [3.8, 4) is 0 Å². The van der Waals surface area contributed by atoms with E-state index in [4.69, 9.17) is 9.47 Å². The molecule has 1 aromatic heterocycles. The van der Waals surface area contributed by atoms with Crippen LogP contribution in [0, 0.1) is 0 Å². The number of hydrogen-bond donors (Lipinski definition) is 2. The highest BCUT2D eigenvalue weighted by Crippen LogP contribution is 2.32. The van der Waals surface area contributed by atoms with Gasteiger partial charge >= 0.3 is 0 Å². The molecule has 0 spiro atoms. The zero-order valence-electron chi connectivity index (χ0n) is 11.2. The highest BCUT2D eigenvalue weighted by Gasteiger charge is 2.24. The first-order valence-corrected chi connectivity index (χ1v) is 8.25. The Morgan fingerprint density at radius 3 is 2.85 bits per heavy atom. The van der Waals surface area contributed by atoms with Crippen molar-refractivity contribution >= 4 is 28.2 Å². The summed E-state index contributed by atoms with van der Waals surface area (Å²) in [5.74, 6) is 0.499. The molecule has 0 amide bonds. The molecular weight excluding hydrogens is 300 g/mol. The van der Waals surface area contributed by atoms with Gasteiger partial charge < -0.3 is 19.7 Å². The fourth-order valence-corrected chi connectivity index (χ4v) is 3.45. The van der Waals surface area contributed by atoms with Crippen molar-refractivity contribution in [2.75, 3.05) is 19.0 Å². The fraction of sp³-hybridized carbons (Fsp3) is 0.615. The lowest BCUT2D eigenvalue weighted by atomic mass is 10.1. The van der Waals surface area contributed by atoms with Crippen LogP contribution >= 0.6 is 23.1 Å². The molecular formula is C13H18O5S2. The zero-order chi connectivity index (χ0) is 14.5. The molecule has 0 bridgehead atoms. The molecule has 1 aliphatic heterocycles. The number of carbonyl (C=O) groups excluding carboxylic acids is 1. The SMILES string of the molecule is CC(=O)SCCC(O)C(O)c1csc(C2OCCO2)c1. The molecule has 1 saturated heterocycles. The summed E-state index contributed by atoms with van der Waals surface area (Å²) in [5.41, 5.74) is 0.657. The molecule has 7 heteroatoms. The second kappa shape index (κ2) is 7.53. The molecule has 2 unspecified atom stereocenters. The third-order valence-electron chi connectivity index (χ3n) is 2.92. The van der Waals surface area contributed by atoms with Crippen LogP contribution in [0.25, 0.3) is 0 Å². The Hall–Kier alpha value is -0.440. The van der Waals surface area contributed by atoms with Crippen molar-refractivity contribution in [3.63, 3.8) is 0 Å². The summed E-state index contributed by atoms with van der Waals surface area (Å²) >= 11 is 2.59. The second-order valence-corrected chi connectivity index (χ2v) is 6.71. The van der Waals surface area contributed by atoms with E-state index < -0.39 is 12.2 Å². The number of hydrogen-bond acceptors (Lipinski definition) is 7. The van der Waals surface area contributed by atoms with Gasteiger partial charge in [-0.2, -0.15) is 0 Å². The van der Waals surface area contributed by atoms with Gasteiger partial charge in [0.25, 0.3) is 0 Å². The van der Waals surface area contributed by atoms with E-state index in [-0.39, 0.29) is 11.4 Å². The lowest BCUT2D eigenvalue weighted by molar-refractivity contribution is -0.109. The van der Waals surface area contributed by atoms with E-state index in [0.29, 0.717) is 31.0 Å². The van der Waals surface area contributed by atoms with Gasteiger partial charge in [0.05, 0.1) is 24.2 Å². The van der Waals surface area contributed by atoms with Crippen LogP contribution in [0.15, 0.2) is 11.4 Å². The Kier molecular flexibility index (Phi) is 6.01. The zero-order valence-corrected chi connectivity index (χ0v) is 12.8. The van der Waals surface area contributed by atoms with Crippen LogP contribution in [0.5, 0.6) is 0 Å². The molecule has 0 saturated carbocycles. The maximum Gasteiger partial charge on any atom is 0.193 e. The van der Waals surface area contributed by atoms with Gasteiger partial charge in [-0.15, -0.1) is 11.3 Å². The molecule has 5 nitrogen and oxygen atoms in total. The molecule has 2 N–H and O–H groups in total. The highest BCUT2D eigenvalue weighted by atomic mass is 32.2. The second-order valence-electron chi connectivity index (χ2n) is 4.50. The first kappa shape index (κ1) is 15.9. The monoisotopic (exact) mass is 318 g/mol. The number of ether oxygens (including phenoxy) is 2. The largest absolute Gasteiger partial charge is 0.390 e. The van der Waals surface area contributed by atoms with E-state index >= 15 is 0 Å². The fourth-order valence-electron chi connectivity index (χ4n) is 1.87. The minimum Gasteiger partial charge on any atom is -0.390 e. The van der Waals surface area contributed by atoms with Gasteiger partial charge in [0.15, 0.2) is 11.4 Å². The number of aliphatic hydroxyl groups is 2. The van der Waals surface area contributed by atoms with Crippen LogP contribution in [0.3, 0.4) is 0 Å². The van der Waals surface area contributed by atoms with Crippen LogP contribution in [0.1, 0.15) is 36.2 Å². The standard InChI is InChI=1S/C13H18O5S2/c1-8(14)19-5-2-10(15)12(16)9-6-11(20-7-9)13-17-3-4-18-13/h6-7,10,12-13,15-16H,2-5H2,1H3. The summed E-state index contributed by atoms with van der Waals surface area (Å²) in [5, 5.41) is 21.8. The Morgan fingerprint density at radius 1 is 1.50 bits per heavy atom. The van der Waals surface area contributed by atoms with Gasteiger partial charge in [-0.1, -0.05) is 11.8 Å². The summed E-state index contributed by atoms with van der Waals surface area (Å²) in [6.07, 6.45) is -1.82. The Bertz CT molecular complexity index is 442. The molecule has 2 heterocycles. The average Bonchev–Trinajstić information content (AvgIpc) is 3.07. The van der Waals surface area contributed by atoms with Gasteiger partial charge in [-0.25, -0.2) is 0 Å². The quantitative estimate of drug-likeness (QED) is 0.834. The number of carbonyl (C=O) groups is 1. The lowest BCUT2D eigenvalue weighted by Gasteiger charge is -2.16. The minimum atomic E-state index is -0.950. The summed E-state index contributed by atoms with van der Waals surface area (Å²) in [6, 6.07) is 1.80. The number of thioether (sulfide) groups is 1. The van der Waals surface area contributed by atoms with Crippen molar-refractivity contribution in [1.82, 2.24) is 0 Å². The molecule has 2 atom stereocenters. The summed E-state index contributed by atoms with van der Waals surface area (Å²) < 4.78 is 10.8. The smallest absolute Gasteiger partial charge is 0.193 e. The predicted molar refractivity (Wildman–Crippen MR) is 77.7 cm³/mol. The molecule has 0 aromatic carbocycles. The maximum absolute atomic E-state index is 10.8. The van der Waals surface area contributed by atoms with Crippen molar-refractivity contribution in [1.29, 1.82) is 0 Å². The van der Waals surface area contributed by atoms with Gasteiger partial charge in [0.2, 0.25) is 0 Å². The molecule has 20 heavy (non-hydrogen) atoms. The van der Waals surface area contributed by atoms with Crippen molar-refractivity contribution in [3.05, 3.63) is 21.9 Å². The Morgan fingerprint density at radius 2 is 2.20 bits per heavy atom. The normalized spacial score (nSPS) is 19.1. The average molecular weight is 318 g/mol. The van der Waals surface area contributed by atoms with E-state index in [9.17, 15) is 15.0 Å². The summed E-state index contributed by atoms with van der Waals surface area (Å²) in [6.45, 7) is 2.64. The number of aliphatic hydroxyl groups excluding tert-OH is 2. The molecule has 1 aliphatic rings. The van der Waals surface area contributed by atoms with Gasteiger partial charge in [-0.05, 0) is 23.4 Å². The van der Waals surface area contributed by atoms with E-state index in [1.54, 1.807) is 11.4 Å².